The van der Waals surface area contributed by atoms with Crippen LogP contribution >= 0.6 is 23.5 Å². The topological polar surface area (TPSA) is 283 Å². The molecule has 0 amide bonds. The van der Waals surface area contributed by atoms with Gasteiger partial charge in [0.2, 0.25) is 0 Å². The third-order valence-electron chi connectivity index (χ3n) is 4.00. The van der Waals surface area contributed by atoms with Crippen molar-refractivity contribution in [3.8, 4) is 6.07 Å². The van der Waals surface area contributed by atoms with Crippen LogP contribution < -0.4 is 5.73 Å². The van der Waals surface area contributed by atoms with Gasteiger partial charge in [0.1, 0.15) is 30.0 Å². The van der Waals surface area contributed by atoms with Crippen LogP contribution in [0.1, 0.15) is 6.23 Å². The number of rotatable bonds is 8. The zero-order valence-corrected chi connectivity index (χ0v) is 18.1. The maximum absolute atomic E-state index is 11.8. The van der Waals surface area contributed by atoms with Gasteiger partial charge < -0.3 is 35.2 Å². The molecule has 21 heteroatoms. The maximum Gasteiger partial charge on any atom is 0.490 e. The summed E-state index contributed by atoms with van der Waals surface area (Å²) in [5.41, 5.74) is 6.06. The second kappa shape index (κ2) is 8.84. The van der Waals surface area contributed by atoms with E-state index in [0.717, 1.165) is 6.33 Å². The SMILES string of the molecule is N#C[C@@H]1[C@H](O)[C@@H](COP(=O)(O)OP(=O)(O)OP(=O)(O)O)O[C@H]1n1cnc2c(N)ncnc21. The van der Waals surface area contributed by atoms with Crippen molar-refractivity contribution in [3.05, 3.63) is 12.7 Å². The summed E-state index contributed by atoms with van der Waals surface area (Å²) in [4.78, 5) is 47.5. The summed E-state index contributed by atoms with van der Waals surface area (Å²) < 4.78 is 52.3. The number of imidazole rings is 1. The van der Waals surface area contributed by atoms with Crippen LogP contribution in [0, 0.1) is 17.2 Å². The molecule has 0 aromatic carbocycles. The highest BCUT2D eigenvalue weighted by Crippen LogP contribution is 2.66. The average Bonchev–Trinajstić information content (AvgIpc) is 3.18. The zero-order chi connectivity index (χ0) is 23.9. The van der Waals surface area contributed by atoms with Gasteiger partial charge in [-0.15, -0.1) is 0 Å². The third kappa shape index (κ3) is 5.56. The minimum atomic E-state index is -5.71. The van der Waals surface area contributed by atoms with Crippen molar-refractivity contribution in [2.75, 3.05) is 12.3 Å². The van der Waals surface area contributed by atoms with Gasteiger partial charge in [-0.3, -0.25) is 9.09 Å². The Kier molecular flexibility index (Phi) is 6.85. The predicted octanol–water partition coefficient (Wildman–Crippen LogP) is -0.850. The van der Waals surface area contributed by atoms with Crippen molar-refractivity contribution in [1.82, 2.24) is 19.5 Å². The fourth-order valence-corrected chi connectivity index (χ4v) is 5.82. The van der Waals surface area contributed by atoms with Crippen molar-refractivity contribution in [3.63, 3.8) is 0 Å². The third-order valence-corrected chi connectivity index (χ3v) is 7.80. The van der Waals surface area contributed by atoms with Gasteiger partial charge in [-0.2, -0.15) is 13.9 Å². The number of nitrogens with two attached hydrogens (primary N) is 1. The van der Waals surface area contributed by atoms with E-state index in [1.807, 2.05) is 6.07 Å². The van der Waals surface area contributed by atoms with Crippen molar-refractivity contribution in [2.24, 2.45) is 5.92 Å². The molecular formula is C11H15N6O12P3. The highest BCUT2D eigenvalue weighted by atomic mass is 31.3. The Morgan fingerprint density at radius 2 is 1.84 bits per heavy atom. The lowest BCUT2D eigenvalue weighted by atomic mass is 10.0. The van der Waals surface area contributed by atoms with Gasteiger partial charge in [0.05, 0.1) is 19.0 Å². The molecule has 1 fully saturated rings. The number of nitriles is 1. The van der Waals surface area contributed by atoms with Crippen molar-refractivity contribution in [2.45, 2.75) is 18.4 Å². The minimum Gasteiger partial charge on any atom is -0.389 e. The van der Waals surface area contributed by atoms with E-state index in [1.54, 1.807) is 0 Å². The number of ether oxygens (including phenoxy) is 1. The second-order valence-electron chi connectivity index (χ2n) is 6.18. The standard InChI is InChI=1S/C11H15N6O12P3/c12-1-5-8(18)6(2-26-31(22,23)29-32(24,25)28-30(19,20)21)27-11(5)17-4-16-7-9(13)14-3-15-10(7)17/h3-6,8,11,18H,2H2,(H,22,23)(H,24,25)(H2,13,14,15)(H2,19,20,21)/t5-,6-,8+,11-/m1/s1. The van der Waals surface area contributed by atoms with E-state index in [1.165, 1.54) is 10.9 Å². The van der Waals surface area contributed by atoms with Crippen LogP contribution in [0.3, 0.4) is 0 Å². The molecule has 0 bridgehead atoms. The summed E-state index contributed by atoms with van der Waals surface area (Å²) in [6.45, 7) is -0.941. The first kappa shape index (κ1) is 24.8. The zero-order valence-electron chi connectivity index (χ0n) is 15.4. The lowest BCUT2D eigenvalue weighted by Crippen LogP contribution is -2.29. The first-order valence-electron chi connectivity index (χ1n) is 8.17. The fourth-order valence-electron chi connectivity index (χ4n) is 2.79. The summed E-state index contributed by atoms with van der Waals surface area (Å²) in [6, 6.07) is 1.81. The minimum absolute atomic E-state index is 0.0463. The van der Waals surface area contributed by atoms with Crippen LogP contribution in [0.5, 0.6) is 0 Å². The number of aromatic nitrogens is 4. The van der Waals surface area contributed by atoms with Crippen molar-refractivity contribution >= 4 is 40.4 Å². The van der Waals surface area contributed by atoms with E-state index in [-0.39, 0.29) is 17.0 Å². The number of phosphoric acid groups is 3. The molecule has 0 spiro atoms. The van der Waals surface area contributed by atoms with Crippen molar-refractivity contribution < 1.29 is 56.3 Å². The lowest BCUT2D eigenvalue weighted by molar-refractivity contribution is -0.0432. The van der Waals surface area contributed by atoms with Gasteiger partial charge in [-0.05, 0) is 0 Å². The van der Waals surface area contributed by atoms with Crippen LogP contribution in [-0.2, 0) is 31.6 Å². The van der Waals surface area contributed by atoms with E-state index in [4.69, 9.17) is 25.2 Å². The summed E-state index contributed by atoms with van der Waals surface area (Å²) in [5.74, 6) is -1.19. The highest BCUT2D eigenvalue weighted by molar-refractivity contribution is 7.66. The fraction of sp³-hybridized carbons (Fsp3) is 0.455. The van der Waals surface area contributed by atoms with Crippen molar-refractivity contribution in [1.29, 1.82) is 5.26 Å². The van der Waals surface area contributed by atoms with Gasteiger partial charge in [-0.1, -0.05) is 0 Å². The first-order chi connectivity index (χ1) is 14.7. The molecule has 18 nitrogen and oxygen atoms in total. The molecule has 176 valence electrons. The molecule has 1 aliphatic rings. The van der Waals surface area contributed by atoms with E-state index in [9.17, 15) is 29.0 Å². The molecule has 1 aliphatic heterocycles. The van der Waals surface area contributed by atoms with E-state index in [0.29, 0.717) is 0 Å². The molecule has 0 aliphatic carbocycles. The molecular weight excluding hydrogens is 501 g/mol. The molecule has 0 radical (unpaired) electrons. The quantitative estimate of drug-likeness (QED) is 0.233. The van der Waals surface area contributed by atoms with Gasteiger partial charge in [-0.25, -0.2) is 28.6 Å². The van der Waals surface area contributed by atoms with Gasteiger partial charge in [0.25, 0.3) is 0 Å². The second-order valence-corrected chi connectivity index (χ2v) is 10.6. The van der Waals surface area contributed by atoms with E-state index >= 15 is 0 Å². The first-order valence-corrected chi connectivity index (χ1v) is 12.7. The van der Waals surface area contributed by atoms with E-state index < -0.39 is 54.4 Å². The molecule has 1 saturated heterocycles. The predicted molar refractivity (Wildman–Crippen MR) is 98.6 cm³/mol. The average molecular weight is 516 g/mol. The van der Waals surface area contributed by atoms with Gasteiger partial charge >= 0.3 is 23.5 Å². The molecule has 0 saturated carbocycles. The van der Waals surface area contributed by atoms with Crippen LogP contribution in [0.25, 0.3) is 11.2 Å². The number of phosphoric ester groups is 1. The Bertz CT molecular complexity index is 1190. The van der Waals surface area contributed by atoms with Gasteiger partial charge in [0, 0.05) is 0 Å². The Balaban J connectivity index is 1.74. The maximum atomic E-state index is 11.8. The van der Waals surface area contributed by atoms with Crippen LogP contribution in [0.2, 0.25) is 0 Å². The van der Waals surface area contributed by atoms with Crippen LogP contribution in [0.4, 0.5) is 5.82 Å². The Morgan fingerprint density at radius 1 is 1.16 bits per heavy atom. The summed E-state index contributed by atoms with van der Waals surface area (Å²) in [5, 5.41) is 19.8. The van der Waals surface area contributed by atoms with Gasteiger partial charge in [0.15, 0.2) is 17.7 Å². The molecule has 2 aromatic rings. The Labute approximate surface area is 177 Å². The number of anilines is 1. The molecule has 2 unspecified atom stereocenters. The highest BCUT2D eigenvalue weighted by Gasteiger charge is 2.47. The number of aliphatic hydroxyl groups is 1. The molecule has 2 aromatic heterocycles. The lowest BCUT2D eigenvalue weighted by Gasteiger charge is -2.19. The number of aliphatic hydroxyl groups excluding tert-OH is 1. The molecule has 7 N–H and O–H groups in total. The van der Waals surface area contributed by atoms with Crippen LogP contribution in [0.15, 0.2) is 12.7 Å². The number of hydrogen-bond donors (Lipinski definition) is 6. The van der Waals surface area contributed by atoms with Crippen LogP contribution in [-0.4, -0.2) is 63.0 Å². The monoisotopic (exact) mass is 516 g/mol. The number of nitrogen functional groups attached to an aromatic ring is 1. The molecule has 32 heavy (non-hydrogen) atoms. The summed E-state index contributed by atoms with van der Waals surface area (Å²) >= 11 is 0. The number of hydrogen-bond acceptors (Lipinski definition) is 13. The number of fused-ring (bicyclic) bond motifs is 1. The smallest absolute Gasteiger partial charge is 0.389 e. The normalized spacial score (nSPS) is 27.6. The summed E-state index contributed by atoms with van der Waals surface area (Å²) in [6.07, 6.45) is -1.83. The summed E-state index contributed by atoms with van der Waals surface area (Å²) in [7, 11) is -16.7. The largest absolute Gasteiger partial charge is 0.490 e. The Hall–Kier alpha value is -1.83. The number of nitrogens with zero attached hydrogens (tertiary/aromatic N) is 5. The van der Waals surface area contributed by atoms with E-state index in [2.05, 4.69) is 28.1 Å². The molecule has 3 rings (SSSR count). The molecule has 3 heterocycles. The molecule has 6 atom stereocenters. The Morgan fingerprint density at radius 3 is 2.47 bits per heavy atom.